The van der Waals surface area contributed by atoms with E-state index in [2.05, 4.69) is 4.98 Å². The van der Waals surface area contributed by atoms with Gasteiger partial charge in [-0.15, -0.1) is 0 Å². The summed E-state index contributed by atoms with van der Waals surface area (Å²) in [5.74, 6) is 4.65. The van der Waals surface area contributed by atoms with Crippen molar-refractivity contribution in [3.63, 3.8) is 0 Å². The summed E-state index contributed by atoms with van der Waals surface area (Å²) in [5, 5.41) is 0. The van der Waals surface area contributed by atoms with E-state index in [1.54, 1.807) is 18.2 Å². The lowest BCUT2D eigenvalue weighted by molar-refractivity contribution is 0.0941. The molecule has 1 aromatic carbocycles. The van der Waals surface area contributed by atoms with Gasteiger partial charge >= 0.3 is 0 Å². The molecule has 0 aliphatic carbocycles. The lowest BCUT2D eigenvalue weighted by atomic mass is 10.2. The number of rotatable bonds is 5. The summed E-state index contributed by atoms with van der Waals surface area (Å²) in [6.07, 6.45) is 0. The van der Waals surface area contributed by atoms with Gasteiger partial charge in [0.25, 0.3) is 5.91 Å². The van der Waals surface area contributed by atoms with Crippen LogP contribution in [-0.4, -0.2) is 10.9 Å². The summed E-state index contributed by atoms with van der Waals surface area (Å²) in [6.45, 7) is 0.858. The number of carbonyl (C=O) groups excluding carboxylic acids is 1. The number of hydrazine groups is 1. The summed E-state index contributed by atoms with van der Waals surface area (Å²) in [7, 11) is 0. The molecule has 98 valence electrons. The Morgan fingerprint density at radius 1 is 1.11 bits per heavy atom. The Kier molecular flexibility index (Phi) is 4.60. The highest BCUT2D eigenvalue weighted by Gasteiger charge is 2.05. The van der Waals surface area contributed by atoms with Crippen molar-refractivity contribution in [2.45, 2.75) is 13.2 Å². The third kappa shape index (κ3) is 3.87. The third-order valence-electron chi connectivity index (χ3n) is 2.53. The van der Waals surface area contributed by atoms with Crippen LogP contribution in [0.2, 0.25) is 0 Å². The summed E-state index contributed by atoms with van der Waals surface area (Å²) < 4.78 is 5.55. The van der Waals surface area contributed by atoms with E-state index in [-0.39, 0.29) is 5.69 Å². The molecule has 0 spiro atoms. The van der Waals surface area contributed by atoms with Crippen LogP contribution in [0.4, 0.5) is 0 Å². The number of nitrogens with one attached hydrogen (secondary N) is 1. The van der Waals surface area contributed by atoms with Crippen LogP contribution in [0.15, 0.2) is 48.5 Å². The van der Waals surface area contributed by atoms with E-state index in [0.717, 1.165) is 5.56 Å². The topological polar surface area (TPSA) is 77.2 Å². The third-order valence-corrected chi connectivity index (χ3v) is 2.53. The molecule has 5 heteroatoms. The predicted octanol–water partition coefficient (Wildman–Crippen LogP) is 1.40. The van der Waals surface area contributed by atoms with E-state index >= 15 is 0 Å². The zero-order chi connectivity index (χ0) is 13.5. The highest BCUT2D eigenvalue weighted by molar-refractivity contribution is 5.91. The Morgan fingerprint density at radius 3 is 2.63 bits per heavy atom. The molecule has 0 radical (unpaired) electrons. The van der Waals surface area contributed by atoms with Crippen LogP contribution in [0.3, 0.4) is 0 Å². The van der Waals surface area contributed by atoms with Gasteiger partial charge in [0.15, 0.2) is 0 Å². The van der Waals surface area contributed by atoms with Crippen LogP contribution in [0.5, 0.6) is 0 Å². The van der Waals surface area contributed by atoms with Crippen molar-refractivity contribution in [3.8, 4) is 0 Å². The second-order valence-corrected chi connectivity index (χ2v) is 3.97. The van der Waals surface area contributed by atoms with E-state index in [1.807, 2.05) is 35.8 Å². The highest BCUT2D eigenvalue weighted by Crippen LogP contribution is 2.05. The zero-order valence-corrected chi connectivity index (χ0v) is 10.4. The van der Waals surface area contributed by atoms with Crippen LogP contribution in [0, 0.1) is 0 Å². The van der Waals surface area contributed by atoms with Gasteiger partial charge < -0.3 is 4.74 Å². The fourth-order valence-electron chi connectivity index (χ4n) is 1.61. The van der Waals surface area contributed by atoms with Gasteiger partial charge in [-0.3, -0.25) is 10.2 Å². The van der Waals surface area contributed by atoms with Crippen LogP contribution in [0.25, 0.3) is 0 Å². The van der Waals surface area contributed by atoms with Crippen molar-refractivity contribution in [1.82, 2.24) is 10.4 Å². The maximum absolute atomic E-state index is 11.3. The fourth-order valence-corrected chi connectivity index (χ4v) is 1.61. The normalized spacial score (nSPS) is 10.2. The first-order valence-electron chi connectivity index (χ1n) is 5.88. The molecule has 0 saturated carbocycles. The second kappa shape index (κ2) is 6.63. The summed E-state index contributed by atoms with van der Waals surface area (Å²) in [6, 6.07) is 15.0. The summed E-state index contributed by atoms with van der Waals surface area (Å²) >= 11 is 0. The van der Waals surface area contributed by atoms with Crippen LogP contribution in [0.1, 0.15) is 21.7 Å². The molecule has 1 amide bonds. The molecule has 5 nitrogen and oxygen atoms in total. The Labute approximate surface area is 111 Å². The second-order valence-electron chi connectivity index (χ2n) is 3.97. The van der Waals surface area contributed by atoms with Gasteiger partial charge in [-0.1, -0.05) is 36.4 Å². The minimum absolute atomic E-state index is 0.281. The molecule has 1 heterocycles. The van der Waals surface area contributed by atoms with Gasteiger partial charge in [0.1, 0.15) is 5.69 Å². The smallest absolute Gasteiger partial charge is 0.283 e. The summed E-state index contributed by atoms with van der Waals surface area (Å²) in [4.78, 5) is 15.5. The number of nitrogens with two attached hydrogens (primary N) is 1. The molecule has 2 aromatic rings. The first kappa shape index (κ1) is 13.2. The summed E-state index contributed by atoms with van der Waals surface area (Å²) in [5.41, 5.74) is 4.12. The van der Waals surface area contributed by atoms with E-state index in [0.29, 0.717) is 18.9 Å². The van der Waals surface area contributed by atoms with Gasteiger partial charge in [-0.05, 0) is 17.7 Å². The van der Waals surface area contributed by atoms with Gasteiger partial charge in [0.2, 0.25) is 0 Å². The number of benzene rings is 1. The molecule has 0 aliphatic heterocycles. The van der Waals surface area contributed by atoms with Crippen molar-refractivity contribution < 1.29 is 9.53 Å². The van der Waals surface area contributed by atoms with Crippen LogP contribution in [-0.2, 0) is 18.0 Å². The lowest BCUT2D eigenvalue weighted by Crippen LogP contribution is -2.30. The molecule has 0 unspecified atom stereocenters. The largest absolute Gasteiger partial charge is 0.370 e. The number of nitrogens with zero attached hydrogens (tertiary/aromatic N) is 1. The maximum Gasteiger partial charge on any atom is 0.283 e. The molecule has 3 N–H and O–H groups in total. The molecule has 0 saturated heterocycles. The number of aromatic nitrogens is 1. The number of pyridine rings is 1. The minimum Gasteiger partial charge on any atom is -0.370 e. The Balaban J connectivity index is 1.91. The molecule has 1 aromatic heterocycles. The van der Waals surface area contributed by atoms with Gasteiger partial charge in [0.05, 0.1) is 18.9 Å². The molecular weight excluding hydrogens is 242 g/mol. The first-order valence-corrected chi connectivity index (χ1v) is 5.88. The zero-order valence-electron chi connectivity index (χ0n) is 10.4. The highest BCUT2D eigenvalue weighted by atomic mass is 16.5. The van der Waals surface area contributed by atoms with E-state index in [9.17, 15) is 4.79 Å². The number of carbonyl (C=O) groups is 1. The minimum atomic E-state index is -0.412. The fraction of sp³-hybridized carbons (Fsp3) is 0.143. The van der Waals surface area contributed by atoms with Crippen molar-refractivity contribution >= 4 is 5.91 Å². The van der Waals surface area contributed by atoms with Crippen LogP contribution >= 0.6 is 0 Å². The van der Waals surface area contributed by atoms with E-state index in [4.69, 9.17) is 10.6 Å². The standard InChI is InChI=1S/C14H15N3O2/c15-17-14(18)13-8-4-7-12(16-13)10-19-9-11-5-2-1-3-6-11/h1-8H,9-10,15H2,(H,17,18). The molecule has 0 aliphatic rings. The Bertz CT molecular complexity index is 543. The van der Waals surface area contributed by atoms with Crippen molar-refractivity contribution in [3.05, 3.63) is 65.5 Å². The molecular formula is C14H15N3O2. The monoisotopic (exact) mass is 257 g/mol. The Hall–Kier alpha value is -2.24. The first-order chi connectivity index (χ1) is 9.29. The maximum atomic E-state index is 11.3. The quantitative estimate of drug-likeness (QED) is 0.482. The van der Waals surface area contributed by atoms with Crippen molar-refractivity contribution in [2.24, 2.45) is 5.84 Å². The number of ether oxygens (including phenoxy) is 1. The number of nitrogen functional groups attached to an aromatic ring is 1. The molecule has 19 heavy (non-hydrogen) atoms. The van der Waals surface area contributed by atoms with Gasteiger partial charge in [0, 0.05) is 0 Å². The molecule has 0 bridgehead atoms. The number of amides is 1. The Morgan fingerprint density at radius 2 is 1.89 bits per heavy atom. The average Bonchev–Trinajstić information content (AvgIpc) is 2.48. The van der Waals surface area contributed by atoms with Crippen molar-refractivity contribution in [2.75, 3.05) is 0 Å². The van der Waals surface area contributed by atoms with E-state index < -0.39 is 5.91 Å². The van der Waals surface area contributed by atoms with Crippen molar-refractivity contribution in [1.29, 1.82) is 0 Å². The number of hydrogen-bond donors (Lipinski definition) is 2. The van der Waals surface area contributed by atoms with Gasteiger partial charge in [-0.25, -0.2) is 10.8 Å². The SMILES string of the molecule is NNC(=O)c1cccc(COCc2ccccc2)n1. The van der Waals surface area contributed by atoms with Crippen LogP contribution < -0.4 is 11.3 Å². The molecule has 0 atom stereocenters. The molecule has 2 rings (SSSR count). The lowest BCUT2D eigenvalue weighted by Gasteiger charge is -2.05. The number of hydrogen-bond acceptors (Lipinski definition) is 4. The predicted molar refractivity (Wildman–Crippen MR) is 70.8 cm³/mol. The molecule has 0 fully saturated rings. The van der Waals surface area contributed by atoms with E-state index in [1.165, 1.54) is 0 Å². The van der Waals surface area contributed by atoms with Gasteiger partial charge in [-0.2, -0.15) is 0 Å². The average molecular weight is 257 g/mol.